The first-order chi connectivity index (χ1) is 8.96. The molecule has 4 heteroatoms. The predicted molar refractivity (Wildman–Crippen MR) is 75.8 cm³/mol. The molecule has 1 aromatic carbocycles. The third kappa shape index (κ3) is 1.60. The SMILES string of the molecule is Cc1cc2c(c3ccc(=O)[nH]c13)O[C@@](C)(CN)[C@H]2C. The monoisotopic (exact) mass is 258 g/mol. The van der Waals surface area contributed by atoms with Crippen molar-refractivity contribution in [3.8, 4) is 5.75 Å². The Morgan fingerprint density at radius 2 is 2.21 bits per heavy atom. The third-order valence-corrected chi connectivity index (χ3v) is 4.32. The molecule has 0 amide bonds. The molecule has 3 rings (SSSR count). The molecule has 0 saturated carbocycles. The summed E-state index contributed by atoms with van der Waals surface area (Å²) in [6.07, 6.45) is 0. The van der Waals surface area contributed by atoms with Crippen LogP contribution >= 0.6 is 0 Å². The van der Waals surface area contributed by atoms with Gasteiger partial charge in [0.2, 0.25) is 5.56 Å². The first-order valence-electron chi connectivity index (χ1n) is 6.52. The number of aryl methyl sites for hydroxylation is 1. The molecule has 0 unspecified atom stereocenters. The van der Waals surface area contributed by atoms with E-state index in [1.165, 1.54) is 11.6 Å². The summed E-state index contributed by atoms with van der Waals surface area (Å²) in [7, 11) is 0. The highest BCUT2D eigenvalue weighted by molar-refractivity contribution is 5.90. The molecule has 3 N–H and O–H groups in total. The Hall–Kier alpha value is -1.81. The fraction of sp³-hybridized carbons (Fsp3) is 0.400. The molecule has 0 spiro atoms. The van der Waals surface area contributed by atoms with E-state index < -0.39 is 0 Å². The minimum atomic E-state index is -0.376. The molecule has 1 aliphatic heterocycles. The molecule has 2 atom stereocenters. The molecule has 2 aromatic rings. The largest absolute Gasteiger partial charge is 0.485 e. The van der Waals surface area contributed by atoms with E-state index >= 15 is 0 Å². The number of aromatic nitrogens is 1. The number of nitrogens with one attached hydrogen (secondary N) is 1. The maximum Gasteiger partial charge on any atom is 0.248 e. The van der Waals surface area contributed by atoms with Gasteiger partial charge in [0.15, 0.2) is 0 Å². The molecule has 1 aliphatic rings. The van der Waals surface area contributed by atoms with E-state index in [4.69, 9.17) is 10.5 Å². The molecule has 0 aliphatic carbocycles. The highest BCUT2D eigenvalue weighted by Gasteiger charge is 2.42. The number of hydrogen-bond donors (Lipinski definition) is 2. The number of H-pyrrole nitrogens is 1. The van der Waals surface area contributed by atoms with Gasteiger partial charge in [-0.3, -0.25) is 4.79 Å². The lowest BCUT2D eigenvalue weighted by atomic mass is 9.86. The molecule has 1 aromatic heterocycles. The van der Waals surface area contributed by atoms with Crippen LogP contribution in [0.4, 0.5) is 0 Å². The summed E-state index contributed by atoms with van der Waals surface area (Å²) >= 11 is 0. The van der Waals surface area contributed by atoms with Crippen molar-refractivity contribution in [3.05, 3.63) is 39.7 Å². The predicted octanol–water partition coefficient (Wildman–Crippen LogP) is 2.05. The summed E-state index contributed by atoms with van der Waals surface area (Å²) < 4.78 is 6.12. The van der Waals surface area contributed by atoms with E-state index in [2.05, 4.69) is 18.0 Å². The fourth-order valence-electron chi connectivity index (χ4n) is 2.81. The Kier molecular flexibility index (Phi) is 2.47. The fourth-order valence-corrected chi connectivity index (χ4v) is 2.81. The average Bonchev–Trinajstić information content (AvgIpc) is 2.64. The Morgan fingerprint density at radius 1 is 1.47 bits per heavy atom. The molecule has 0 fully saturated rings. The van der Waals surface area contributed by atoms with Crippen molar-refractivity contribution < 1.29 is 4.74 Å². The second-order valence-corrected chi connectivity index (χ2v) is 5.56. The molecule has 19 heavy (non-hydrogen) atoms. The van der Waals surface area contributed by atoms with Crippen LogP contribution in [0.1, 0.15) is 30.9 Å². The van der Waals surface area contributed by atoms with Crippen LogP contribution in [0, 0.1) is 6.92 Å². The number of hydrogen-bond acceptors (Lipinski definition) is 3. The van der Waals surface area contributed by atoms with Crippen molar-refractivity contribution in [2.24, 2.45) is 5.73 Å². The first kappa shape index (κ1) is 12.2. The van der Waals surface area contributed by atoms with Gasteiger partial charge in [0.25, 0.3) is 0 Å². The van der Waals surface area contributed by atoms with Crippen LogP contribution < -0.4 is 16.0 Å². The van der Waals surface area contributed by atoms with E-state index in [9.17, 15) is 4.79 Å². The van der Waals surface area contributed by atoms with E-state index in [1.807, 2.05) is 19.9 Å². The normalized spacial score (nSPS) is 25.4. The van der Waals surface area contributed by atoms with Crippen LogP contribution in [0.15, 0.2) is 23.0 Å². The summed E-state index contributed by atoms with van der Waals surface area (Å²) in [5.74, 6) is 1.10. The lowest BCUT2D eigenvalue weighted by molar-refractivity contribution is 0.105. The Balaban J connectivity index is 2.34. The van der Waals surface area contributed by atoms with Gasteiger partial charge in [-0.1, -0.05) is 6.92 Å². The number of pyridine rings is 1. The van der Waals surface area contributed by atoms with Crippen LogP contribution in [0.25, 0.3) is 10.9 Å². The molecule has 2 heterocycles. The number of ether oxygens (including phenoxy) is 1. The van der Waals surface area contributed by atoms with E-state index in [1.54, 1.807) is 0 Å². The zero-order valence-corrected chi connectivity index (χ0v) is 11.4. The van der Waals surface area contributed by atoms with Gasteiger partial charge in [-0.15, -0.1) is 0 Å². The van der Waals surface area contributed by atoms with Gasteiger partial charge < -0.3 is 15.5 Å². The van der Waals surface area contributed by atoms with Crippen LogP contribution in [-0.2, 0) is 0 Å². The maximum absolute atomic E-state index is 11.5. The minimum Gasteiger partial charge on any atom is -0.485 e. The smallest absolute Gasteiger partial charge is 0.248 e. The van der Waals surface area contributed by atoms with Crippen molar-refractivity contribution in [2.75, 3.05) is 6.54 Å². The van der Waals surface area contributed by atoms with Crippen molar-refractivity contribution in [1.29, 1.82) is 0 Å². The van der Waals surface area contributed by atoms with Crippen molar-refractivity contribution in [1.82, 2.24) is 4.98 Å². The Bertz CT molecular complexity index is 720. The van der Waals surface area contributed by atoms with Gasteiger partial charge in [0, 0.05) is 29.5 Å². The Labute approximate surface area is 111 Å². The summed E-state index contributed by atoms with van der Waals surface area (Å²) in [6.45, 7) is 6.64. The lowest BCUT2D eigenvalue weighted by Gasteiger charge is -2.26. The van der Waals surface area contributed by atoms with Crippen molar-refractivity contribution in [2.45, 2.75) is 32.3 Å². The second kappa shape index (κ2) is 3.84. The Morgan fingerprint density at radius 3 is 2.89 bits per heavy atom. The van der Waals surface area contributed by atoms with E-state index in [0.717, 1.165) is 22.2 Å². The molecule has 0 bridgehead atoms. The average molecular weight is 258 g/mol. The third-order valence-electron chi connectivity index (χ3n) is 4.32. The number of aromatic amines is 1. The first-order valence-corrected chi connectivity index (χ1v) is 6.52. The highest BCUT2D eigenvalue weighted by Crippen LogP contribution is 2.47. The maximum atomic E-state index is 11.5. The molecule has 0 saturated heterocycles. The van der Waals surface area contributed by atoms with Crippen LogP contribution in [-0.4, -0.2) is 17.1 Å². The second-order valence-electron chi connectivity index (χ2n) is 5.56. The van der Waals surface area contributed by atoms with E-state index in [0.29, 0.717) is 6.54 Å². The van der Waals surface area contributed by atoms with Gasteiger partial charge in [0.05, 0.1) is 5.52 Å². The lowest BCUT2D eigenvalue weighted by Crippen LogP contribution is -2.41. The van der Waals surface area contributed by atoms with Gasteiger partial charge >= 0.3 is 0 Å². The topological polar surface area (TPSA) is 68.1 Å². The molecular formula is C15H18N2O2. The van der Waals surface area contributed by atoms with Crippen LogP contribution in [0.5, 0.6) is 5.75 Å². The molecule has 100 valence electrons. The summed E-state index contributed by atoms with van der Waals surface area (Å²) in [5.41, 5.74) is 8.47. The van der Waals surface area contributed by atoms with Crippen molar-refractivity contribution >= 4 is 10.9 Å². The standard InChI is InChI=1S/C15H18N2O2/c1-8-6-11-9(2)15(3,7-16)19-14(11)10-4-5-12(18)17-13(8)10/h4-6,9H,7,16H2,1-3H3,(H,17,18)/t9-,15-/m0/s1. The highest BCUT2D eigenvalue weighted by atomic mass is 16.5. The summed E-state index contributed by atoms with van der Waals surface area (Å²) in [4.78, 5) is 14.3. The van der Waals surface area contributed by atoms with Gasteiger partial charge in [-0.05, 0) is 31.5 Å². The van der Waals surface area contributed by atoms with Gasteiger partial charge in [0.1, 0.15) is 11.4 Å². The summed E-state index contributed by atoms with van der Waals surface area (Å²) in [6, 6.07) is 5.46. The number of benzene rings is 1. The number of rotatable bonds is 1. The quantitative estimate of drug-likeness (QED) is 0.822. The van der Waals surface area contributed by atoms with Crippen LogP contribution in [0.3, 0.4) is 0 Å². The zero-order chi connectivity index (χ0) is 13.8. The van der Waals surface area contributed by atoms with Crippen molar-refractivity contribution in [3.63, 3.8) is 0 Å². The molecular weight excluding hydrogens is 240 g/mol. The number of nitrogens with two attached hydrogens (primary N) is 1. The van der Waals surface area contributed by atoms with E-state index in [-0.39, 0.29) is 17.1 Å². The van der Waals surface area contributed by atoms with Crippen LogP contribution in [0.2, 0.25) is 0 Å². The number of fused-ring (bicyclic) bond motifs is 3. The molecule has 4 nitrogen and oxygen atoms in total. The zero-order valence-electron chi connectivity index (χ0n) is 11.4. The van der Waals surface area contributed by atoms with Gasteiger partial charge in [-0.2, -0.15) is 0 Å². The minimum absolute atomic E-state index is 0.0943. The molecule has 0 radical (unpaired) electrons. The summed E-state index contributed by atoms with van der Waals surface area (Å²) in [5, 5.41) is 0.957. The van der Waals surface area contributed by atoms with Gasteiger partial charge in [-0.25, -0.2) is 0 Å².